The predicted octanol–water partition coefficient (Wildman–Crippen LogP) is 5.50. The van der Waals surface area contributed by atoms with Crippen molar-refractivity contribution in [2.45, 2.75) is 50.7 Å². The summed E-state index contributed by atoms with van der Waals surface area (Å²) in [7, 11) is 0. The van der Waals surface area contributed by atoms with Crippen LogP contribution in [0.5, 0.6) is 0 Å². The Kier molecular flexibility index (Phi) is 5.21. The normalized spacial score (nSPS) is 14.7. The third-order valence-electron chi connectivity index (χ3n) is 5.41. The summed E-state index contributed by atoms with van der Waals surface area (Å²) in [5.41, 5.74) is 3.14. The zero-order valence-corrected chi connectivity index (χ0v) is 16.7. The molecule has 1 aromatic heterocycles. The molecule has 4 rings (SSSR count). The molecular formula is C22H25N3OS. The first-order chi connectivity index (χ1) is 13.1. The number of nitrogens with zero attached hydrogens (tertiary/aromatic N) is 2. The molecule has 3 aromatic rings. The van der Waals surface area contributed by atoms with Crippen LogP contribution in [0.1, 0.15) is 43.1 Å². The molecule has 1 amide bonds. The van der Waals surface area contributed by atoms with Gasteiger partial charge in [-0.25, -0.2) is 4.98 Å². The van der Waals surface area contributed by atoms with Gasteiger partial charge in [0, 0.05) is 17.4 Å². The van der Waals surface area contributed by atoms with Gasteiger partial charge in [0.2, 0.25) is 5.91 Å². The van der Waals surface area contributed by atoms with Gasteiger partial charge in [0.1, 0.15) is 0 Å². The molecule has 5 heteroatoms. The highest BCUT2D eigenvalue weighted by atomic mass is 32.2. The van der Waals surface area contributed by atoms with Gasteiger partial charge in [-0.3, -0.25) is 4.79 Å². The Morgan fingerprint density at radius 3 is 2.67 bits per heavy atom. The maximum Gasteiger partial charge on any atom is 0.234 e. The molecule has 0 radical (unpaired) electrons. The monoisotopic (exact) mass is 379 g/mol. The SMILES string of the molecule is Cc1nc(SCC(=O)Nc2ccc3ccccc3c2)n(C2CCCC2)c1C. The molecule has 1 saturated carbocycles. The fourth-order valence-corrected chi connectivity index (χ4v) is 4.84. The van der Waals surface area contributed by atoms with Crippen LogP contribution in [0.4, 0.5) is 5.69 Å². The van der Waals surface area contributed by atoms with Crippen LogP contribution in [-0.2, 0) is 4.79 Å². The van der Waals surface area contributed by atoms with Crippen LogP contribution in [0, 0.1) is 13.8 Å². The number of aromatic nitrogens is 2. The van der Waals surface area contributed by atoms with Crippen molar-refractivity contribution in [1.82, 2.24) is 9.55 Å². The predicted molar refractivity (Wildman–Crippen MR) is 113 cm³/mol. The molecule has 0 saturated heterocycles. The van der Waals surface area contributed by atoms with E-state index in [1.807, 2.05) is 30.3 Å². The molecule has 0 bridgehead atoms. The molecule has 1 aliphatic rings. The zero-order valence-electron chi connectivity index (χ0n) is 15.9. The lowest BCUT2D eigenvalue weighted by Gasteiger charge is -2.16. The first-order valence-electron chi connectivity index (χ1n) is 9.58. The van der Waals surface area contributed by atoms with Crippen LogP contribution in [0.2, 0.25) is 0 Å². The topological polar surface area (TPSA) is 46.9 Å². The minimum Gasteiger partial charge on any atom is -0.325 e. The molecule has 1 fully saturated rings. The van der Waals surface area contributed by atoms with Crippen LogP contribution in [0.15, 0.2) is 47.6 Å². The van der Waals surface area contributed by atoms with Gasteiger partial charge >= 0.3 is 0 Å². The number of hydrogen-bond donors (Lipinski definition) is 1. The van der Waals surface area contributed by atoms with Gasteiger partial charge in [0.05, 0.1) is 11.4 Å². The fourth-order valence-electron chi connectivity index (χ4n) is 3.88. The maximum atomic E-state index is 12.5. The van der Waals surface area contributed by atoms with Gasteiger partial charge in [0.15, 0.2) is 5.16 Å². The van der Waals surface area contributed by atoms with Crippen molar-refractivity contribution in [2.75, 3.05) is 11.1 Å². The molecule has 1 aliphatic carbocycles. The van der Waals surface area contributed by atoms with E-state index in [2.05, 4.69) is 35.9 Å². The minimum absolute atomic E-state index is 0.00607. The summed E-state index contributed by atoms with van der Waals surface area (Å²) in [6.45, 7) is 4.19. The van der Waals surface area contributed by atoms with Gasteiger partial charge in [-0.1, -0.05) is 54.9 Å². The number of rotatable bonds is 5. The lowest BCUT2D eigenvalue weighted by Crippen LogP contribution is -2.15. The highest BCUT2D eigenvalue weighted by molar-refractivity contribution is 7.99. The number of hydrogen-bond acceptors (Lipinski definition) is 3. The highest BCUT2D eigenvalue weighted by Crippen LogP contribution is 2.35. The van der Waals surface area contributed by atoms with Crippen LogP contribution >= 0.6 is 11.8 Å². The average molecular weight is 380 g/mol. The second kappa shape index (κ2) is 7.77. The lowest BCUT2D eigenvalue weighted by molar-refractivity contribution is -0.113. The largest absolute Gasteiger partial charge is 0.325 e. The van der Waals surface area contributed by atoms with Gasteiger partial charge < -0.3 is 9.88 Å². The average Bonchev–Trinajstić information content (AvgIpc) is 3.28. The summed E-state index contributed by atoms with van der Waals surface area (Å²) < 4.78 is 2.36. The number of carbonyl (C=O) groups is 1. The summed E-state index contributed by atoms with van der Waals surface area (Å²) in [5, 5.41) is 6.30. The smallest absolute Gasteiger partial charge is 0.234 e. The van der Waals surface area contributed by atoms with Crippen molar-refractivity contribution in [3.8, 4) is 0 Å². The van der Waals surface area contributed by atoms with Crippen molar-refractivity contribution in [1.29, 1.82) is 0 Å². The number of aryl methyl sites for hydroxylation is 1. The minimum atomic E-state index is 0.00607. The zero-order chi connectivity index (χ0) is 18.8. The van der Waals surface area contributed by atoms with Gasteiger partial charge in [0.25, 0.3) is 0 Å². The van der Waals surface area contributed by atoms with Crippen LogP contribution in [0.25, 0.3) is 10.8 Å². The van der Waals surface area contributed by atoms with Crippen molar-refractivity contribution < 1.29 is 4.79 Å². The van der Waals surface area contributed by atoms with Crippen LogP contribution in [-0.4, -0.2) is 21.2 Å². The molecule has 0 atom stereocenters. The van der Waals surface area contributed by atoms with E-state index in [1.165, 1.54) is 48.5 Å². The summed E-state index contributed by atoms with van der Waals surface area (Å²) in [5.74, 6) is 0.377. The summed E-state index contributed by atoms with van der Waals surface area (Å²) in [6, 6.07) is 14.7. The van der Waals surface area contributed by atoms with Crippen LogP contribution < -0.4 is 5.32 Å². The second-order valence-corrected chi connectivity index (χ2v) is 8.21. The molecular weight excluding hydrogens is 354 g/mol. The highest BCUT2D eigenvalue weighted by Gasteiger charge is 2.23. The van der Waals surface area contributed by atoms with Crippen molar-refractivity contribution >= 4 is 34.1 Å². The molecule has 2 aromatic carbocycles. The Hall–Kier alpha value is -2.27. The third-order valence-corrected chi connectivity index (χ3v) is 6.36. The van der Waals surface area contributed by atoms with Gasteiger partial charge in [-0.2, -0.15) is 0 Å². The van der Waals surface area contributed by atoms with Crippen molar-refractivity contribution in [3.63, 3.8) is 0 Å². The summed E-state index contributed by atoms with van der Waals surface area (Å²) in [4.78, 5) is 17.2. The fraction of sp³-hybridized carbons (Fsp3) is 0.364. The van der Waals surface area contributed by atoms with Gasteiger partial charge in [-0.15, -0.1) is 0 Å². The van der Waals surface area contributed by atoms with E-state index < -0.39 is 0 Å². The third kappa shape index (κ3) is 3.88. The summed E-state index contributed by atoms with van der Waals surface area (Å²) >= 11 is 1.54. The van der Waals surface area contributed by atoms with Crippen molar-refractivity contribution in [3.05, 3.63) is 53.9 Å². The molecule has 4 nitrogen and oxygen atoms in total. The van der Waals surface area contributed by atoms with E-state index >= 15 is 0 Å². The number of fused-ring (bicyclic) bond motifs is 1. The summed E-state index contributed by atoms with van der Waals surface area (Å²) in [6.07, 6.45) is 5.00. The standard InChI is InChI=1S/C22H25N3OS/c1-15-16(2)25(20-9-5-6-10-20)22(23-15)27-14-21(26)24-19-12-11-17-7-3-4-8-18(17)13-19/h3-4,7-8,11-13,20H,5-6,9-10,14H2,1-2H3,(H,24,26). The Morgan fingerprint density at radius 1 is 1.15 bits per heavy atom. The Bertz CT molecular complexity index is 973. The molecule has 0 spiro atoms. The number of anilines is 1. The van der Waals surface area contributed by atoms with E-state index in [9.17, 15) is 4.79 Å². The Labute approximate surface area is 164 Å². The number of carbonyl (C=O) groups excluding carboxylic acids is 1. The first-order valence-corrected chi connectivity index (χ1v) is 10.6. The van der Waals surface area contributed by atoms with E-state index in [1.54, 1.807) is 0 Å². The quantitative estimate of drug-likeness (QED) is 0.596. The Balaban J connectivity index is 1.44. The number of nitrogens with one attached hydrogen (secondary N) is 1. The lowest BCUT2D eigenvalue weighted by atomic mass is 10.1. The van der Waals surface area contributed by atoms with Crippen LogP contribution in [0.3, 0.4) is 0 Å². The molecule has 1 heterocycles. The number of thioether (sulfide) groups is 1. The second-order valence-electron chi connectivity index (χ2n) is 7.27. The van der Waals surface area contributed by atoms with E-state index in [4.69, 9.17) is 4.98 Å². The molecule has 0 aliphatic heterocycles. The Morgan fingerprint density at radius 2 is 1.89 bits per heavy atom. The van der Waals surface area contributed by atoms with Crippen molar-refractivity contribution in [2.24, 2.45) is 0 Å². The number of imidazole rings is 1. The van der Waals surface area contributed by atoms with E-state index in [-0.39, 0.29) is 5.91 Å². The van der Waals surface area contributed by atoms with E-state index in [0.717, 1.165) is 21.9 Å². The molecule has 1 N–H and O–H groups in total. The van der Waals surface area contributed by atoms with Gasteiger partial charge in [-0.05, 0) is 49.6 Å². The molecule has 0 unspecified atom stereocenters. The van der Waals surface area contributed by atoms with E-state index in [0.29, 0.717) is 11.8 Å². The molecule has 27 heavy (non-hydrogen) atoms. The number of amides is 1. The molecule has 140 valence electrons. The number of benzene rings is 2. The first kappa shape index (κ1) is 18.1. The maximum absolute atomic E-state index is 12.5.